The Hall–Kier alpha value is -1.57. The second kappa shape index (κ2) is 7.66. The number of hydrogen-bond donors (Lipinski definition) is 0. The van der Waals surface area contributed by atoms with Crippen LogP contribution in [0.5, 0.6) is 5.75 Å². The van der Waals surface area contributed by atoms with Gasteiger partial charge in [-0.05, 0) is 18.6 Å². The van der Waals surface area contributed by atoms with E-state index in [-0.39, 0.29) is 5.78 Å². The van der Waals surface area contributed by atoms with Gasteiger partial charge in [-0.2, -0.15) is 0 Å². The van der Waals surface area contributed by atoms with Crippen molar-refractivity contribution < 1.29 is 9.53 Å². The second-order valence-electron chi connectivity index (χ2n) is 3.97. The van der Waals surface area contributed by atoms with E-state index in [2.05, 4.69) is 13.5 Å². The summed E-state index contributed by atoms with van der Waals surface area (Å²) in [6.07, 6.45) is 5.33. The molecule has 0 bridgehead atoms. The lowest BCUT2D eigenvalue weighted by Gasteiger charge is -2.09. The fourth-order valence-corrected chi connectivity index (χ4v) is 1.60. The molecule has 0 amide bonds. The predicted molar refractivity (Wildman–Crippen MR) is 70.6 cm³/mol. The summed E-state index contributed by atoms with van der Waals surface area (Å²) in [4.78, 5) is 11.8. The molecule has 0 saturated carbocycles. The summed E-state index contributed by atoms with van der Waals surface area (Å²) in [5, 5.41) is 0. The number of para-hydroxylation sites is 1. The molecule has 0 radical (unpaired) electrons. The van der Waals surface area contributed by atoms with Crippen molar-refractivity contribution in [1.29, 1.82) is 0 Å². The zero-order valence-electron chi connectivity index (χ0n) is 10.4. The van der Waals surface area contributed by atoms with E-state index in [1.54, 1.807) is 12.1 Å². The molecule has 0 fully saturated rings. The van der Waals surface area contributed by atoms with Gasteiger partial charge in [0, 0.05) is 6.42 Å². The van der Waals surface area contributed by atoms with Crippen LogP contribution >= 0.6 is 0 Å². The molecule has 0 spiro atoms. The molecule has 1 aromatic rings. The Morgan fingerprint density at radius 2 is 2.12 bits per heavy atom. The van der Waals surface area contributed by atoms with Gasteiger partial charge in [-0.1, -0.05) is 38.0 Å². The van der Waals surface area contributed by atoms with Crippen LogP contribution in [0.1, 0.15) is 43.0 Å². The molecule has 0 aromatic heterocycles. The van der Waals surface area contributed by atoms with E-state index in [4.69, 9.17) is 4.74 Å². The highest BCUT2D eigenvalue weighted by atomic mass is 16.5. The van der Waals surface area contributed by atoms with Crippen LogP contribution in [0.2, 0.25) is 0 Å². The van der Waals surface area contributed by atoms with Gasteiger partial charge in [0.25, 0.3) is 0 Å². The first kappa shape index (κ1) is 13.5. The number of carbonyl (C=O) groups excluding carboxylic acids is 1. The number of rotatable bonds is 8. The van der Waals surface area contributed by atoms with E-state index in [1.807, 2.05) is 18.2 Å². The molecule has 0 aliphatic carbocycles. The first-order chi connectivity index (χ1) is 8.29. The Bertz CT molecular complexity index is 369. The summed E-state index contributed by atoms with van der Waals surface area (Å²) in [6, 6.07) is 7.40. The lowest BCUT2D eigenvalue weighted by Crippen LogP contribution is -2.04. The van der Waals surface area contributed by atoms with Crippen molar-refractivity contribution in [2.24, 2.45) is 0 Å². The van der Waals surface area contributed by atoms with Crippen molar-refractivity contribution in [3.8, 4) is 5.75 Å². The molecular weight excluding hydrogens is 212 g/mol. The summed E-state index contributed by atoms with van der Waals surface area (Å²) >= 11 is 0. The van der Waals surface area contributed by atoms with Gasteiger partial charge in [0.2, 0.25) is 0 Å². The van der Waals surface area contributed by atoms with Crippen LogP contribution in [0.4, 0.5) is 0 Å². The fraction of sp³-hybridized carbons (Fsp3) is 0.400. The Labute approximate surface area is 103 Å². The Morgan fingerprint density at radius 3 is 2.82 bits per heavy atom. The lowest BCUT2D eigenvalue weighted by atomic mass is 10.1. The Balaban J connectivity index is 2.64. The van der Waals surface area contributed by atoms with Crippen LogP contribution in [-0.4, -0.2) is 12.4 Å². The quantitative estimate of drug-likeness (QED) is 0.384. The topological polar surface area (TPSA) is 26.3 Å². The van der Waals surface area contributed by atoms with Gasteiger partial charge in [0.05, 0.1) is 12.2 Å². The minimum Gasteiger partial charge on any atom is -0.493 e. The van der Waals surface area contributed by atoms with Gasteiger partial charge in [0.1, 0.15) is 5.75 Å². The molecule has 0 atom stereocenters. The van der Waals surface area contributed by atoms with Crippen LogP contribution in [0.3, 0.4) is 0 Å². The normalized spacial score (nSPS) is 9.94. The van der Waals surface area contributed by atoms with E-state index in [0.29, 0.717) is 24.3 Å². The molecule has 2 heteroatoms. The fourth-order valence-electron chi connectivity index (χ4n) is 1.60. The maximum absolute atomic E-state index is 11.8. The van der Waals surface area contributed by atoms with Crippen LogP contribution in [-0.2, 0) is 0 Å². The number of allylic oxidation sites excluding steroid dienone is 1. The zero-order chi connectivity index (χ0) is 12.5. The van der Waals surface area contributed by atoms with E-state index in [9.17, 15) is 4.79 Å². The maximum atomic E-state index is 11.8. The predicted octanol–water partition coefficient (Wildman–Crippen LogP) is 4.01. The van der Waals surface area contributed by atoms with Gasteiger partial charge < -0.3 is 4.74 Å². The SMILES string of the molecule is C=CCC(=O)c1ccccc1OCCCCC. The molecule has 0 aliphatic heterocycles. The van der Waals surface area contributed by atoms with Crippen LogP contribution in [0, 0.1) is 0 Å². The summed E-state index contributed by atoms with van der Waals surface area (Å²) < 4.78 is 5.65. The smallest absolute Gasteiger partial charge is 0.170 e. The van der Waals surface area contributed by atoms with Crippen molar-refractivity contribution in [1.82, 2.24) is 0 Å². The summed E-state index contributed by atoms with van der Waals surface area (Å²) in [6.45, 7) is 6.41. The van der Waals surface area contributed by atoms with Gasteiger partial charge in [-0.15, -0.1) is 6.58 Å². The maximum Gasteiger partial charge on any atom is 0.170 e. The molecular formula is C15H20O2. The van der Waals surface area contributed by atoms with Crippen molar-refractivity contribution in [2.45, 2.75) is 32.6 Å². The zero-order valence-corrected chi connectivity index (χ0v) is 10.4. The molecule has 92 valence electrons. The first-order valence-corrected chi connectivity index (χ1v) is 6.15. The van der Waals surface area contributed by atoms with Crippen molar-refractivity contribution in [3.05, 3.63) is 42.5 Å². The van der Waals surface area contributed by atoms with Crippen molar-refractivity contribution in [3.63, 3.8) is 0 Å². The number of ether oxygens (including phenoxy) is 1. The van der Waals surface area contributed by atoms with Crippen LogP contribution < -0.4 is 4.74 Å². The summed E-state index contributed by atoms with van der Waals surface area (Å²) in [5.74, 6) is 0.751. The highest BCUT2D eigenvalue weighted by Gasteiger charge is 2.09. The van der Waals surface area contributed by atoms with Gasteiger partial charge in [-0.3, -0.25) is 4.79 Å². The minimum absolute atomic E-state index is 0.0612. The molecule has 0 heterocycles. The number of Topliss-reactive ketones (excluding diaryl/α,β-unsaturated/α-hetero) is 1. The van der Waals surface area contributed by atoms with E-state index in [0.717, 1.165) is 12.8 Å². The highest BCUT2D eigenvalue weighted by Crippen LogP contribution is 2.20. The van der Waals surface area contributed by atoms with Gasteiger partial charge in [-0.25, -0.2) is 0 Å². The third-order valence-electron chi connectivity index (χ3n) is 2.52. The standard InChI is InChI=1S/C15H20O2/c1-3-5-8-12-17-15-11-7-6-10-13(15)14(16)9-4-2/h4,6-7,10-11H,2-3,5,8-9,12H2,1H3. The molecule has 1 rings (SSSR count). The molecule has 1 aromatic carbocycles. The summed E-state index contributed by atoms with van der Waals surface area (Å²) in [5.41, 5.74) is 0.656. The lowest BCUT2D eigenvalue weighted by molar-refractivity contribution is 0.0992. The average Bonchev–Trinajstić information content (AvgIpc) is 2.35. The Kier molecular flexibility index (Phi) is 6.08. The van der Waals surface area contributed by atoms with Gasteiger partial charge in [0.15, 0.2) is 5.78 Å². The molecule has 2 nitrogen and oxygen atoms in total. The molecule has 0 N–H and O–H groups in total. The molecule has 0 aliphatic rings. The van der Waals surface area contributed by atoms with E-state index in [1.165, 1.54) is 6.42 Å². The highest BCUT2D eigenvalue weighted by molar-refractivity contribution is 5.99. The second-order valence-corrected chi connectivity index (χ2v) is 3.97. The molecule has 0 unspecified atom stereocenters. The summed E-state index contributed by atoms with van der Waals surface area (Å²) in [7, 11) is 0. The Morgan fingerprint density at radius 1 is 1.35 bits per heavy atom. The monoisotopic (exact) mass is 232 g/mol. The minimum atomic E-state index is 0.0612. The number of hydrogen-bond acceptors (Lipinski definition) is 2. The van der Waals surface area contributed by atoms with Gasteiger partial charge >= 0.3 is 0 Å². The number of ketones is 1. The molecule has 17 heavy (non-hydrogen) atoms. The van der Waals surface area contributed by atoms with E-state index < -0.39 is 0 Å². The van der Waals surface area contributed by atoms with E-state index >= 15 is 0 Å². The third kappa shape index (κ3) is 4.43. The number of benzene rings is 1. The van der Waals surface area contributed by atoms with Crippen LogP contribution in [0.15, 0.2) is 36.9 Å². The van der Waals surface area contributed by atoms with Crippen LogP contribution in [0.25, 0.3) is 0 Å². The number of unbranched alkanes of at least 4 members (excludes halogenated alkanes) is 2. The van der Waals surface area contributed by atoms with Crippen molar-refractivity contribution in [2.75, 3.05) is 6.61 Å². The third-order valence-corrected chi connectivity index (χ3v) is 2.52. The largest absolute Gasteiger partial charge is 0.493 e. The van der Waals surface area contributed by atoms with Crippen molar-refractivity contribution >= 4 is 5.78 Å². The number of carbonyl (C=O) groups is 1. The first-order valence-electron chi connectivity index (χ1n) is 6.15. The molecule has 0 saturated heterocycles. The average molecular weight is 232 g/mol.